The highest BCUT2D eigenvalue weighted by molar-refractivity contribution is 9.10. The van der Waals surface area contributed by atoms with Crippen LogP contribution in [0.5, 0.6) is 0 Å². The topological polar surface area (TPSA) is 26.3 Å². The standard InChI is InChI=1S/C15H19BrO2S/c1-9-3-4-11(7-10(9)2)18-15(17)13-8-12(19)5-6-14(13)16/h5-6,8-11,19H,3-4,7H2,1-2H3. The molecule has 1 aliphatic rings. The third kappa shape index (κ3) is 3.76. The number of thiol groups is 1. The molecule has 1 fully saturated rings. The van der Waals surface area contributed by atoms with Crippen molar-refractivity contribution >= 4 is 34.5 Å². The predicted molar refractivity (Wildman–Crippen MR) is 82.8 cm³/mol. The molecule has 3 atom stereocenters. The number of carbonyl (C=O) groups excluding carboxylic acids is 1. The Hall–Kier alpha value is -0.480. The van der Waals surface area contributed by atoms with Gasteiger partial charge in [-0.3, -0.25) is 0 Å². The number of esters is 1. The predicted octanol–water partition coefficient (Wildman–Crippen LogP) is 4.72. The molecule has 0 aromatic heterocycles. The van der Waals surface area contributed by atoms with Crippen molar-refractivity contribution in [2.75, 3.05) is 0 Å². The summed E-state index contributed by atoms with van der Waals surface area (Å²) in [5.74, 6) is 1.09. The maximum atomic E-state index is 12.2. The Morgan fingerprint density at radius 1 is 1.32 bits per heavy atom. The Balaban J connectivity index is 2.03. The number of hydrogen-bond donors (Lipinski definition) is 1. The van der Waals surface area contributed by atoms with E-state index >= 15 is 0 Å². The van der Waals surface area contributed by atoms with Gasteiger partial charge >= 0.3 is 5.97 Å². The molecule has 0 saturated heterocycles. The summed E-state index contributed by atoms with van der Waals surface area (Å²) in [7, 11) is 0. The Labute approximate surface area is 128 Å². The summed E-state index contributed by atoms with van der Waals surface area (Å²) < 4.78 is 6.39. The molecular formula is C15H19BrO2S. The van der Waals surface area contributed by atoms with Gasteiger partial charge in [-0.2, -0.15) is 0 Å². The number of carbonyl (C=O) groups is 1. The SMILES string of the molecule is CC1CCC(OC(=O)c2cc(S)ccc2Br)CC1C. The minimum atomic E-state index is -0.255. The number of rotatable bonds is 2. The summed E-state index contributed by atoms with van der Waals surface area (Å²) in [6, 6.07) is 5.41. The minimum Gasteiger partial charge on any atom is -0.459 e. The van der Waals surface area contributed by atoms with Crippen LogP contribution >= 0.6 is 28.6 Å². The van der Waals surface area contributed by atoms with Crippen LogP contribution < -0.4 is 0 Å². The van der Waals surface area contributed by atoms with Gasteiger partial charge in [-0.15, -0.1) is 12.6 Å². The molecule has 2 nitrogen and oxygen atoms in total. The molecule has 0 spiro atoms. The van der Waals surface area contributed by atoms with E-state index in [1.54, 1.807) is 6.07 Å². The lowest BCUT2D eigenvalue weighted by Crippen LogP contribution is -2.28. The van der Waals surface area contributed by atoms with Crippen molar-refractivity contribution < 1.29 is 9.53 Å². The normalized spacial score (nSPS) is 27.1. The third-order valence-electron chi connectivity index (χ3n) is 3.99. The molecule has 2 rings (SSSR count). The monoisotopic (exact) mass is 342 g/mol. The van der Waals surface area contributed by atoms with Gasteiger partial charge in [0.25, 0.3) is 0 Å². The van der Waals surface area contributed by atoms with Gasteiger partial charge in [-0.25, -0.2) is 4.79 Å². The van der Waals surface area contributed by atoms with Gasteiger partial charge in [0.15, 0.2) is 0 Å². The van der Waals surface area contributed by atoms with Gasteiger partial charge < -0.3 is 4.74 Å². The molecule has 4 heteroatoms. The summed E-state index contributed by atoms with van der Waals surface area (Å²) in [5.41, 5.74) is 0.554. The maximum Gasteiger partial charge on any atom is 0.339 e. The molecular weight excluding hydrogens is 324 g/mol. The highest BCUT2D eigenvalue weighted by Gasteiger charge is 2.27. The van der Waals surface area contributed by atoms with E-state index in [1.165, 1.54) is 0 Å². The van der Waals surface area contributed by atoms with Gasteiger partial charge in [0, 0.05) is 9.37 Å². The summed E-state index contributed by atoms with van der Waals surface area (Å²) >= 11 is 7.64. The first-order valence-electron chi connectivity index (χ1n) is 6.67. The first-order chi connectivity index (χ1) is 8.97. The van der Waals surface area contributed by atoms with Crippen LogP contribution in [0.15, 0.2) is 27.6 Å². The Morgan fingerprint density at radius 2 is 2.05 bits per heavy atom. The summed E-state index contributed by atoms with van der Waals surface area (Å²) in [6.45, 7) is 4.50. The molecule has 0 aliphatic heterocycles. The van der Waals surface area contributed by atoms with Crippen molar-refractivity contribution in [2.45, 2.75) is 44.1 Å². The molecule has 0 heterocycles. The number of hydrogen-bond acceptors (Lipinski definition) is 3. The second kappa shape index (κ2) is 6.31. The molecule has 0 bridgehead atoms. The smallest absolute Gasteiger partial charge is 0.339 e. The molecule has 0 radical (unpaired) electrons. The van der Waals surface area contributed by atoms with Crippen LogP contribution in [0.2, 0.25) is 0 Å². The molecule has 1 aromatic rings. The molecule has 104 valence electrons. The highest BCUT2D eigenvalue weighted by atomic mass is 79.9. The van der Waals surface area contributed by atoms with Crippen molar-refractivity contribution in [3.63, 3.8) is 0 Å². The quantitative estimate of drug-likeness (QED) is 0.621. The second-order valence-electron chi connectivity index (χ2n) is 5.46. The second-order valence-corrected chi connectivity index (χ2v) is 6.83. The van der Waals surface area contributed by atoms with E-state index < -0.39 is 0 Å². The lowest BCUT2D eigenvalue weighted by atomic mass is 9.80. The number of halogens is 1. The summed E-state index contributed by atoms with van der Waals surface area (Å²) in [6.07, 6.45) is 3.11. The van der Waals surface area contributed by atoms with Gasteiger partial charge in [0.05, 0.1) is 5.56 Å². The molecule has 1 saturated carbocycles. The zero-order chi connectivity index (χ0) is 14.0. The first-order valence-corrected chi connectivity index (χ1v) is 7.91. The zero-order valence-corrected chi connectivity index (χ0v) is 13.7. The fourth-order valence-electron chi connectivity index (χ4n) is 2.49. The molecule has 0 N–H and O–H groups in total. The number of benzene rings is 1. The van der Waals surface area contributed by atoms with Crippen LogP contribution in [0.25, 0.3) is 0 Å². The van der Waals surface area contributed by atoms with Crippen LogP contribution in [0.4, 0.5) is 0 Å². The van der Waals surface area contributed by atoms with Crippen LogP contribution in [0.3, 0.4) is 0 Å². The van der Waals surface area contributed by atoms with Crippen LogP contribution in [-0.2, 0) is 4.74 Å². The number of ether oxygens (including phenoxy) is 1. The molecule has 0 amide bonds. The van der Waals surface area contributed by atoms with Crippen LogP contribution in [0.1, 0.15) is 43.5 Å². The fourth-order valence-corrected chi connectivity index (χ4v) is 3.10. The van der Waals surface area contributed by atoms with Crippen molar-refractivity contribution in [1.29, 1.82) is 0 Å². The van der Waals surface area contributed by atoms with E-state index in [0.717, 1.165) is 34.5 Å². The average molecular weight is 343 g/mol. The van der Waals surface area contributed by atoms with Crippen molar-refractivity contribution in [2.24, 2.45) is 11.8 Å². The largest absolute Gasteiger partial charge is 0.459 e. The first kappa shape index (κ1) is 14.9. The van der Waals surface area contributed by atoms with E-state index in [9.17, 15) is 4.79 Å². The van der Waals surface area contributed by atoms with E-state index in [0.29, 0.717) is 11.5 Å². The highest BCUT2D eigenvalue weighted by Crippen LogP contribution is 2.32. The Bertz CT molecular complexity index is 475. The van der Waals surface area contributed by atoms with Gasteiger partial charge in [0.2, 0.25) is 0 Å². The van der Waals surface area contributed by atoms with Crippen LogP contribution in [-0.4, -0.2) is 12.1 Å². The van der Waals surface area contributed by atoms with E-state index in [1.807, 2.05) is 12.1 Å². The van der Waals surface area contributed by atoms with Gasteiger partial charge in [0.1, 0.15) is 6.10 Å². The summed E-state index contributed by atoms with van der Waals surface area (Å²) in [4.78, 5) is 13.0. The molecule has 1 aromatic carbocycles. The fraction of sp³-hybridized carbons (Fsp3) is 0.533. The Morgan fingerprint density at radius 3 is 2.74 bits per heavy atom. The van der Waals surface area contributed by atoms with E-state index in [-0.39, 0.29) is 12.1 Å². The van der Waals surface area contributed by atoms with Crippen molar-refractivity contribution in [1.82, 2.24) is 0 Å². The van der Waals surface area contributed by atoms with Crippen molar-refractivity contribution in [3.8, 4) is 0 Å². The molecule has 1 aliphatic carbocycles. The third-order valence-corrected chi connectivity index (χ3v) is 4.96. The van der Waals surface area contributed by atoms with Gasteiger partial charge in [-0.05, 0) is 65.2 Å². The maximum absolute atomic E-state index is 12.2. The zero-order valence-electron chi connectivity index (χ0n) is 11.2. The summed E-state index contributed by atoms with van der Waals surface area (Å²) in [5, 5.41) is 0. The van der Waals surface area contributed by atoms with E-state index in [2.05, 4.69) is 42.4 Å². The minimum absolute atomic E-state index is 0.0502. The Kier molecular flexibility index (Phi) is 4.96. The lowest BCUT2D eigenvalue weighted by molar-refractivity contribution is 0.00866. The average Bonchev–Trinajstić information content (AvgIpc) is 2.36. The van der Waals surface area contributed by atoms with Crippen LogP contribution in [0, 0.1) is 11.8 Å². The van der Waals surface area contributed by atoms with Gasteiger partial charge in [-0.1, -0.05) is 13.8 Å². The van der Waals surface area contributed by atoms with E-state index in [4.69, 9.17) is 4.74 Å². The molecule has 3 unspecified atom stereocenters. The molecule has 19 heavy (non-hydrogen) atoms. The lowest BCUT2D eigenvalue weighted by Gasteiger charge is -2.31. The van der Waals surface area contributed by atoms with Crippen molar-refractivity contribution in [3.05, 3.63) is 28.2 Å².